The van der Waals surface area contributed by atoms with Gasteiger partial charge in [0, 0.05) is 10.7 Å². The third-order valence-electron chi connectivity index (χ3n) is 2.38. The maximum atomic E-state index is 12.2. The number of aliphatic hydroxyl groups is 1. The van der Waals surface area contributed by atoms with Crippen molar-refractivity contribution in [2.24, 2.45) is 0 Å². The second kappa shape index (κ2) is 5.68. The van der Waals surface area contributed by atoms with E-state index in [9.17, 15) is 8.42 Å². The summed E-state index contributed by atoms with van der Waals surface area (Å²) in [4.78, 5) is 3.91. The highest BCUT2D eigenvalue weighted by atomic mass is 79.9. The normalized spacial score (nSPS) is 11.3. The molecule has 0 amide bonds. The number of aliphatic hydroxyl groups excluding tert-OH is 1. The van der Waals surface area contributed by atoms with Gasteiger partial charge in [0.05, 0.1) is 18.5 Å². The van der Waals surface area contributed by atoms with E-state index >= 15 is 0 Å². The average Bonchev–Trinajstić information content (AvgIpc) is 2.39. The Morgan fingerprint density at radius 1 is 1.32 bits per heavy atom. The van der Waals surface area contributed by atoms with E-state index in [1.807, 2.05) is 0 Å². The molecule has 0 aliphatic heterocycles. The van der Waals surface area contributed by atoms with Crippen LogP contribution in [0.3, 0.4) is 0 Å². The molecule has 0 radical (unpaired) electrons. The molecular formula is C12H11BrN2O3S. The molecule has 0 aliphatic rings. The average molecular weight is 343 g/mol. The van der Waals surface area contributed by atoms with Gasteiger partial charge >= 0.3 is 0 Å². The predicted molar refractivity (Wildman–Crippen MR) is 75.1 cm³/mol. The SMILES string of the molecule is O=S(=O)(Nc1cccnc1)c1cc(CO)ccc1Br. The van der Waals surface area contributed by atoms with E-state index in [-0.39, 0.29) is 11.5 Å². The zero-order valence-electron chi connectivity index (χ0n) is 9.75. The molecular weight excluding hydrogens is 332 g/mol. The van der Waals surface area contributed by atoms with E-state index in [1.165, 1.54) is 12.3 Å². The predicted octanol–water partition coefficient (Wildman–Crippen LogP) is 2.14. The van der Waals surface area contributed by atoms with Gasteiger partial charge in [-0.1, -0.05) is 6.07 Å². The van der Waals surface area contributed by atoms with Crippen LogP contribution in [0.5, 0.6) is 0 Å². The standard InChI is InChI=1S/C12H11BrN2O3S/c13-11-4-3-9(8-16)6-12(11)19(17,18)15-10-2-1-5-14-7-10/h1-7,15-16H,8H2. The first kappa shape index (κ1) is 14.0. The van der Waals surface area contributed by atoms with Gasteiger partial charge in [-0.3, -0.25) is 9.71 Å². The highest BCUT2D eigenvalue weighted by Gasteiger charge is 2.18. The minimum Gasteiger partial charge on any atom is -0.392 e. The van der Waals surface area contributed by atoms with Crippen LogP contribution in [0.1, 0.15) is 5.56 Å². The Bertz CT molecular complexity index is 675. The summed E-state index contributed by atoms with van der Waals surface area (Å²) in [7, 11) is -3.72. The molecule has 1 aromatic carbocycles. The summed E-state index contributed by atoms with van der Waals surface area (Å²) < 4.78 is 27.3. The Labute approximate surface area is 119 Å². The molecule has 0 bridgehead atoms. The van der Waals surface area contributed by atoms with Gasteiger partial charge in [-0.15, -0.1) is 0 Å². The van der Waals surface area contributed by atoms with E-state index in [1.54, 1.807) is 30.5 Å². The van der Waals surface area contributed by atoms with Crippen molar-refractivity contribution in [2.75, 3.05) is 4.72 Å². The Balaban J connectivity index is 2.39. The molecule has 5 nitrogen and oxygen atoms in total. The summed E-state index contributed by atoms with van der Waals surface area (Å²) in [6, 6.07) is 7.89. The zero-order chi connectivity index (χ0) is 13.9. The van der Waals surface area contributed by atoms with Gasteiger partial charge in [0.2, 0.25) is 0 Å². The topological polar surface area (TPSA) is 79.3 Å². The maximum Gasteiger partial charge on any atom is 0.263 e. The van der Waals surface area contributed by atoms with Gasteiger partial charge in [-0.05, 0) is 45.8 Å². The van der Waals surface area contributed by atoms with Crippen LogP contribution in [-0.2, 0) is 16.6 Å². The number of anilines is 1. The number of halogens is 1. The number of benzene rings is 1. The van der Waals surface area contributed by atoms with Crippen molar-refractivity contribution in [3.63, 3.8) is 0 Å². The summed E-state index contributed by atoms with van der Waals surface area (Å²) >= 11 is 3.19. The maximum absolute atomic E-state index is 12.2. The van der Waals surface area contributed by atoms with Crippen molar-refractivity contribution in [3.8, 4) is 0 Å². The van der Waals surface area contributed by atoms with Gasteiger partial charge in [0.25, 0.3) is 10.0 Å². The van der Waals surface area contributed by atoms with Gasteiger partial charge in [0.15, 0.2) is 0 Å². The van der Waals surface area contributed by atoms with Crippen molar-refractivity contribution >= 4 is 31.6 Å². The lowest BCUT2D eigenvalue weighted by molar-refractivity contribution is 0.281. The number of pyridine rings is 1. The third-order valence-corrected chi connectivity index (χ3v) is 4.76. The van der Waals surface area contributed by atoms with Crippen molar-refractivity contribution in [2.45, 2.75) is 11.5 Å². The molecule has 0 unspecified atom stereocenters. The quantitative estimate of drug-likeness (QED) is 0.891. The summed E-state index contributed by atoms with van der Waals surface area (Å²) in [6.45, 7) is -0.220. The number of hydrogen-bond acceptors (Lipinski definition) is 4. The molecule has 19 heavy (non-hydrogen) atoms. The lowest BCUT2D eigenvalue weighted by atomic mass is 10.2. The second-order valence-corrected chi connectivity index (χ2v) is 6.28. The second-order valence-electron chi connectivity index (χ2n) is 3.77. The Morgan fingerprint density at radius 3 is 2.74 bits per heavy atom. The number of nitrogens with one attached hydrogen (secondary N) is 1. The monoisotopic (exact) mass is 342 g/mol. The highest BCUT2D eigenvalue weighted by molar-refractivity contribution is 9.10. The Morgan fingerprint density at radius 2 is 2.11 bits per heavy atom. The van der Waals surface area contributed by atoms with Crippen LogP contribution in [0, 0.1) is 0 Å². The fourth-order valence-electron chi connectivity index (χ4n) is 1.49. The van der Waals surface area contributed by atoms with Gasteiger partial charge < -0.3 is 5.11 Å². The molecule has 2 N–H and O–H groups in total. The van der Waals surface area contributed by atoms with Crippen LogP contribution in [0.2, 0.25) is 0 Å². The summed E-state index contributed by atoms with van der Waals surface area (Å²) in [5.41, 5.74) is 0.901. The van der Waals surface area contributed by atoms with E-state index < -0.39 is 10.0 Å². The van der Waals surface area contributed by atoms with Crippen molar-refractivity contribution in [3.05, 3.63) is 52.8 Å². The molecule has 0 saturated heterocycles. The highest BCUT2D eigenvalue weighted by Crippen LogP contribution is 2.25. The summed E-state index contributed by atoms with van der Waals surface area (Å²) in [5.74, 6) is 0. The van der Waals surface area contributed by atoms with E-state index in [0.717, 1.165) is 0 Å². The Hall–Kier alpha value is -1.44. The van der Waals surface area contributed by atoms with Gasteiger partial charge in [-0.2, -0.15) is 0 Å². The fraction of sp³-hybridized carbons (Fsp3) is 0.0833. The molecule has 2 rings (SSSR count). The van der Waals surface area contributed by atoms with E-state index in [0.29, 0.717) is 15.7 Å². The molecule has 2 aromatic rings. The van der Waals surface area contributed by atoms with Gasteiger partial charge in [-0.25, -0.2) is 8.42 Å². The minimum absolute atomic E-state index is 0.0721. The largest absolute Gasteiger partial charge is 0.392 e. The number of hydrogen-bond donors (Lipinski definition) is 2. The number of sulfonamides is 1. The molecule has 1 heterocycles. The van der Waals surface area contributed by atoms with Crippen LogP contribution in [0.4, 0.5) is 5.69 Å². The number of aromatic nitrogens is 1. The van der Waals surface area contributed by atoms with Crippen LogP contribution >= 0.6 is 15.9 Å². The molecule has 1 aromatic heterocycles. The molecule has 100 valence electrons. The van der Waals surface area contributed by atoms with Crippen molar-refractivity contribution in [1.82, 2.24) is 4.98 Å². The van der Waals surface area contributed by atoms with Crippen molar-refractivity contribution in [1.29, 1.82) is 0 Å². The first-order valence-electron chi connectivity index (χ1n) is 5.35. The molecule has 0 fully saturated rings. The molecule has 0 atom stereocenters. The van der Waals surface area contributed by atoms with E-state index in [4.69, 9.17) is 5.11 Å². The molecule has 0 spiro atoms. The van der Waals surface area contributed by atoms with Crippen LogP contribution in [0.15, 0.2) is 52.1 Å². The lowest BCUT2D eigenvalue weighted by Crippen LogP contribution is -2.14. The lowest BCUT2D eigenvalue weighted by Gasteiger charge is -2.10. The van der Waals surface area contributed by atoms with Crippen LogP contribution in [-0.4, -0.2) is 18.5 Å². The molecule has 7 heteroatoms. The number of rotatable bonds is 4. The van der Waals surface area contributed by atoms with E-state index in [2.05, 4.69) is 25.6 Å². The zero-order valence-corrected chi connectivity index (χ0v) is 12.1. The van der Waals surface area contributed by atoms with Crippen LogP contribution < -0.4 is 4.72 Å². The van der Waals surface area contributed by atoms with Crippen LogP contribution in [0.25, 0.3) is 0 Å². The van der Waals surface area contributed by atoms with Crippen molar-refractivity contribution < 1.29 is 13.5 Å². The summed E-state index contributed by atoms with van der Waals surface area (Å²) in [6.07, 6.45) is 2.97. The minimum atomic E-state index is -3.72. The smallest absolute Gasteiger partial charge is 0.263 e. The molecule has 0 saturated carbocycles. The Kier molecular flexibility index (Phi) is 4.18. The number of nitrogens with zero attached hydrogens (tertiary/aromatic N) is 1. The first-order chi connectivity index (χ1) is 9.03. The summed E-state index contributed by atoms with van der Waals surface area (Å²) in [5, 5.41) is 9.07. The fourth-order valence-corrected chi connectivity index (χ4v) is 3.54. The first-order valence-corrected chi connectivity index (χ1v) is 7.62. The molecule has 0 aliphatic carbocycles. The third kappa shape index (κ3) is 3.31. The van der Waals surface area contributed by atoms with Gasteiger partial charge in [0.1, 0.15) is 4.90 Å².